The van der Waals surface area contributed by atoms with Crippen LogP contribution in [0.2, 0.25) is 5.15 Å². The van der Waals surface area contributed by atoms with Gasteiger partial charge in [-0.25, -0.2) is 24.7 Å². The van der Waals surface area contributed by atoms with Crippen molar-refractivity contribution in [2.45, 2.75) is 13.0 Å². The lowest BCUT2D eigenvalue weighted by atomic mass is 10.3. The van der Waals surface area contributed by atoms with Crippen LogP contribution in [0.3, 0.4) is 0 Å². The van der Waals surface area contributed by atoms with E-state index < -0.39 is 12.1 Å². The van der Waals surface area contributed by atoms with Crippen molar-refractivity contribution in [3.63, 3.8) is 0 Å². The maximum absolute atomic E-state index is 12.2. The minimum Gasteiger partial charge on any atom is -0.328 e. The molecule has 9 nitrogen and oxygen atoms in total. The van der Waals surface area contributed by atoms with Crippen LogP contribution in [-0.2, 0) is 0 Å². The molecule has 128 valence electrons. The molecule has 1 unspecified atom stereocenters. The van der Waals surface area contributed by atoms with Crippen LogP contribution < -0.4 is 10.6 Å². The Balaban J connectivity index is 1.71. The highest BCUT2D eigenvalue weighted by atomic mass is 127. The first kappa shape index (κ1) is 17.5. The van der Waals surface area contributed by atoms with Gasteiger partial charge in [-0.3, -0.25) is 0 Å². The number of rotatable bonds is 4. The Kier molecular flexibility index (Phi) is 5.38. The molecule has 0 spiro atoms. The number of aromatic nitrogens is 6. The van der Waals surface area contributed by atoms with Crippen LogP contribution in [0.1, 0.15) is 18.8 Å². The van der Waals surface area contributed by atoms with Crippen LogP contribution in [0.15, 0.2) is 37.1 Å². The fourth-order valence-corrected chi connectivity index (χ4v) is 2.93. The predicted octanol–water partition coefficient (Wildman–Crippen LogP) is 2.59. The molecule has 25 heavy (non-hydrogen) atoms. The summed E-state index contributed by atoms with van der Waals surface area (Å²) < 4.78 is 2.25. The van der Waals surface area contributed by atoms with Crippen LogP contribution >= 0.6 is 34.2 Å². The van der Waals surface area contributed by atoms with Crippen LogP contribution in [0.5, 0.6) is 0 Å². The van der Waals surface area contributed by atoms with Crippen molar-refractivity contribution >= 4 is 45.9 Å². The third-order valence-electron chi connectivity index (χ3n) is 3.12. The zero-order valence-electron chi connectivity index (χ0n) is 12.9. The first-order chi connectivity index (χ1) is 12.0. The smallest absolute Gasteiger partial charge is 0.319 e. The summed E-state index contributed by atoms with van der Waals surface area (Å²) in [7, 11) is 0. The van der Waals surface area contributed by atoms with E-state index >= 15 is 0 Å². The summed E-state index contributed by atoms with van der Waals surface area (Å²) in [5.41, 5.74) is 0.558. The zero-order valence-corrected chi connectivity index (χ0v) is 15.8. The number of anilines is 1. The van der Waals surface area contributed by atoms with E-state index in [0.29, 0.717) is 22.6 Å². The number of pyridine rings is 1. The van der Waals surface area contributed by atoms with Gasteiger partial charge in [-0.15, -0.1) is 0 Å². The Morgan fingerprint density at radius 2 is 2.04 bits per heavy atom. The minimum absolute atomic E-state index is 0.361. The lowest BCUT2D eigenvalue weighted by molar-refractivity contribution is 0.248. The van der Waals surface area contributed by atoms with Gasteiger partial charge in [0.1, 0.15) is 11.5 Å². The molecule has 2 N–H and O–H groups in total. The lowest BCUT2D eigenvalue weighted by Crippen LogP contribution is -2.33. The minimum atomic E-state index is -0.427. The number of nitrogens with one attached hydrogen (secondary N) is 2. The Bertz CT molecular complexity index is 888. The molecule has 11 heteroatoms. The van der Waals surface area contributed by atoms with Crippen molar-refractivity contribution in [1.29, 1.82) is 0 Å². The predicted molar refractivity (Wildman–Crippen MR) is 99.5 cm³/mol. The third-order valence-corrected chi connectivity index (χ3v) is 4.22. The first-order valence-corrected chi connectivity index (χ1v) is 8.56. The molecule has 0 saturated carbocycles. The second-order valence-corrected chi connectivity index (χ2v) is 6.44. The summed E-state index contributed by atoms with van der Waals surface area (Å²) >= 11 is 7.87. The van der Waals surface area contributed by atoms with E-state index in [0.717, 1.165) is 3.57 Å². The van der Waals surface area contributed by atoms with Crippen LogP contribution in [-0.4, -0.2) is 35.7 Å². The average molecular weight is 471 g/mol. The Morgan fingerprint density at radius 3 is 2.76 bits per heavy atom. The van der Waals surface area contributed by atoms with Gasteiger partial charge in [0.25, 0.3) is 5.95 Å². The molecule has 1 atom stereocenters. The zero-order chi connectivity index (χ0) is 17.8. The molecular formula is C14H12ClIN8O. The standard InChI is InChI=1S/C14H12ClIN8O/c1-8(12-20-7-21-24(12)13-17-3-2-4-18-13)22-14(25)23-10-6-19-11(15)5-9(10)16/h2-8H,1H3,(H2,22,23,25). The van der Waals surface area contributed by atoms with E-state index in [1.807, 2.05) is 0 Å². The normalized spacial score (nSPS) is 11.8. The molecule has 0 radical (unpaired) electrons. The van der Waals surface area contributed by atoms with Gasteiger partial charge in [0.05, 0.1) is 17.9 Å². The summed E-state index contributed by atoms with van der Waals surface area (Å²) in [5.74, 6) is 0.880. The number of carbonyl (C=O) groups is 1. The Labute approximate surface area is 161 Å². The van der Waals surface area contributed by atoms with Crippen molar-refractivity contribution in [3.05, 3.63) is 51.6 Å². The van der Waals surface area contributed by atoms with Gasteiger partial charge in [-0.05, 0) is 41.6 Å². The van der Waals surface area contributed by atoms with E-state index in [4.69, 9.17) is 11.6 Å². The van der Waals surface area contributed by atoms with Crippen molar-refractivity contribution in [2.24, 2.45) is 0 Å². The number of hydrogen-bond acceptors (Lipinski definition) is 6. The summed E-state index contributed by atoms with van der Waals surface area (Å²) in [5, 5.41) is 9.98. The molecule has 0 aliphatic rings. The van der Waals surface area contributed by atoms with E-state index in [1.165, 1.54) is 17.2 Å². The van der Waals surface area contributed by atoms with Gasteiger partial charge in [0.15, 0.2) is 5.82 Å². The van der Waals surface area contributed by atoms with Gasteiger partial charge >= 0.3 is 6.03 Å². The molecule has 0 bridgehead atoms. The molecule has 0 aromatic carbocycles. The largest absolute Gasteiger partial charge is 0.328 e. The fourth-order valence-electron chi connectivity index (χ4n) is 2.02. The summed E-state index contributed by atoms with van der Waals surface area (Å²) in [4.78, 5) is 28.6. The summed E-state index contributed by atoms with van der Waals surface area (Å²) in [6, 6.07) is 2.53. The molecule has 2 amide bonds. The Hall–Kier alpha value is -2.34. The first-order valence-electron chi connectivity index (χ1n) is 7.10. The topological polar surface area (TPSA) is 111 Å². The number of carbonyl (C=O) groups excluding carboxylic acids is 1. The fraction of sp³-hybridized carbons (Fsp3) is 0.143. The van der Waals surface area contributed by atoms with Gasteiger partial charge in [-0.2, -0.15) is 9.78 Å². The average Bonchev–Trinajstić information content (AvgIpc) is 3.08. The van der Waals surface area contributed by atoms with Crippen molar-refractivity contribution in [2.75, 3.05) is 5.32 Å². The molecule has 0 saturated heterocycles. The lowest BCUT2D eigenvalue weighted by Gasteiger charge is -2.15. The van der Waals surface area contributed by atoms with Gasteiger partial charge in [-0.1, -0.05) is 11.6 Å². The molecule has 0 fully saturated rings. The van der Waals surface area contributed by atoms with Crippen molar-refractivity contribution < 1.29 is 4.79 Å². The highest BCUT2D eigenvalue weighted by Gasteiger charge is 2.18. The van der Waals surface area contributed by atoms with Crippen molar-refractivity contribution in [1.82, 2.24) is 35.0 Å². The van der Waals surface area contributed by atoms with Crippen LogP contribution in [0.4, 0.5) is 10.5 Å². The molecule has 3 heterocycles. The monoisotopic (exact) mass is 470 g/mol. The molecular weight excluding hydrogens is 459 g/mol. The van der Waals surface area contributed by atoms with E-state index in [2.05, 4.69) is 58.3 Å². The molecule has 3 aromatic heterocycles. The highest BCUT2D eigenvalue weighted by Crippen LogP contribution is 2.20. The quantitative estimate of drug-likeness (QED) is 0.448. The number of urea groups is 1. The van der Waals surface area contributed by atoms with Gasteiger partial charge in [0, 0.05) is 16.0 Å². The maximum atomic E-state index is 12.2. The second kappa shape index (κ2) is 7.70. The summed E-state index contributed by atoms with van der Waals surface area (Å²) in [6.07, 6.45) is 6.09. The second-order valence-electron chi connectivity index (χ2n) is 4.89. The number of amides is 2. The Morgan fingerprint density at radius 1 is 1.28 bits per heavy atom. The van der Waals surface area contributed by atoms with Crippen molar-refractivity contribution in [3.8, 4) is 5.95 Å². The van der Waals surface area contributed by atoms with E-state index in [9.17, 15) is 4.79 Å². The maximum Gasteiger partial charge on any atom is 0.319 e. The third kappa shape index (κ3) is 4.20. The van der Waals surface area contributed by atoms with Gasteiger partial charge in [0.2, 0.25) is 0 Å². The molecule has 0 aliphatic carbocycles. The number of hydrogen-bond donors (Lipinski definition) is 2. The molecule has 3 rings (SSSR count). The van der Waals surface area contributed by atoms with E-state index in [1.54, 1.807) is 31.5 Å². The summed E-state index contributed by atoms with van der Waals surface area (Å²) in [6.45, 7) is 1.79. The van der Waals surface area contributed by atoms with E-state index in [-0.39, 0.29) is 0 Å². The number of nitrogens with zero attached hydrogens (tertiary/aromatic N) is 6. The SMILES string of the molecule is CC(NC(=O)Nc1cnc(Cl)cc1I)c1ncnn1-c1ncccn1. The van der Waals surface area contributed by atoms with Gasteiger partial charge < -0.3 is 10.6 Å². The molecule has 0 aliphatic heterocycles. The highest BCUT2D eigenvalue weighted by molar-refractivity contribution is 14.1. The number of halogens is 2. The van der Waals surface area contributed by atoms with Crippen LogP contribution in [0, 0.1) is 3.57 Å². The molecule has 3 aromatic rings. The van der Waals surface area contributed by atoms with Crippen LogP contribution in [0.25, 0.3) is 5.95 Å².